The van der Waals surface area contributed by atoms with Crippen LogP contribution in [0.25, 0.3) is 11.0 Å². The van der Waals surface area contributed by atoms with Crippen molar-refractivity contribution in [2.45, 2.75) is 11.9 Å². The highest BCUT2D eigenvalue weighted by molar-refractivity contribution is 7.99. The zero-order valence-electron chi connectivity index (χ0n) is 10.7. The molecule has 5 heteroatoms. The van der Waals surface area contributed by atoms with Crippen LogP contribution in [0.2, 0.25) is 0 Å². The van der Waals surface area contributed by atoms with Gasteiger partial charge in [-0.15, -0.1) is 0 Å². The molecule has 2 aromatic rings. The molecular weight excluding hydrogens is 246 g/mol. The maximum atomic E-state index is 11.5. The molecule has 0 aliphatic carbocycles. The molecule has 4 nitrogen and oxygen atoms in total. The lowest BCUT2D eigenvalue weighted by molar-refractivity contribution is -0.125. The molecule has 0 spiro atoms. The predicted octanol–water partition coefficient (Wildman–Crippen LogP) is 2.12. The highest BCUT2D eigenvalue weighted by Crippen LogP contribution is 2.21. The maximum Gasteiger partial charge on any atom is 0.232 e. The van der Waals surface area contributed by atoms with Crippen molar-refractivity contribution in [3.05, 3.63) is 30.0 Å². The fourth-order valence-electron chi connectivity index (χ4n) is 1.47. The molecule has 0 bridgehead atoms. The second-order valence-corrected chi connectivity index (χ2v) is 5.14. The van der Waals surface area contributed by atoms with Crippen molar-refractivity contribution < 1.29 is 4.79 Å². The average Bonchev–Trinajstić information content (AvgIpc) is 2.35. The van der Waals surface area contributed by atoms with E-state index in [1.165, 1.54) is 11.8 Å². The number of rotatable bonds is 3. The summed E-state index contributed by atoms with van der Waals surface area (Å²) < 4.78 is 0. The predicted molar refractivity (Wildman–Crippen MR) is 73.7 cm³/mol. The van der Waals surface area contributed by atoms with Gasteiger partial charge in [0, 0.05) is 14.1 Å². The van der Waals surface area contributed by atoms with Crippen LogP contribution in [0.4, 0.5) is 0 Å². The third kappa shape index (κ3) is 2.79. The molecule has 1 aromatic carbocycles. The van der Waals surface area contributed by atoms with Gasteiger partial charge >= 0.3 is 0 Å². The Labute approximate surface area is 110 Å². The molecule has 1 amide bonds. The second kappa shape index (κ2) is 5.35. The Kier molecular flexibility index (Phi) is 3.81. The van der Waals surface area contributed by atoms with E-state index in [0.29, 0.717) is 5.75 Å². The van der Waals surface area contributed by atoms with Crippen molar-refractivity contribution >= 4 is 28.7 Å². The number of hydrogen-bond donors (Lipinski definition) is 0. The fraction of sp³-hybridized carbons (Fsp3) is 0.308. The quantitative estimate of drug-likeness (QED) is 0.794. The van der Waals surface area contributed by atoms with Gasteiger partial charge in [0.15, 0.2) is 0 Å². The summed E-state index contributed by atoms with van der Waals surface area (Å²) in [5.41, 5.74) is 2.62. The smallest absolute Gasteiger partial charge is 0.232 e. The molecule has 18 heavy (non-hydrogen) atoms. The highest BCUT2D eigenvalue weighted by Gasteiger charge is 2.09. The molecule has 0 unspecified atom stereocenters. The van der Waals surface area contributed by atoms with E-state index in [-0.39, 0.29) is 5.91 Å². The first-order valence-corrected chi connectivity index (χ1v) is 6.63. The summed E-state index contributed by atoms with van der Waals surface area (Å²) in [7, 11) is 3.50. The van der Waals surface area contributed by atoms with Gasteiger partial charge in [-0.25, -0.2) is 9.97 Å². The summed E-state index contributed by atoms with van der Waals surface area (Å²) in [6.07, 6.45) is 0. The number of para-hydroxylation sites is 2. The number of benzene rings is 1. The van der Waals surface area contributed by atoms with E-state index < -0.39 is 0 Å². The van der Waals surface area contributed by atoms with Crippen LogP contribution in [0.5, 0.6) is 0 Å². The van der Waals surface area contributed by atoms with Gasteiger partial charge in [0.25, 0.3) is 0 Å². The normalized spacial score (nSPS) is 10.6. The number of amides is 1. The Morgan fingerprint density at radius 2 is 1.83 bits per heavy atom. The summed E-state index contributed by atoms with van der Waals surface area (Å²) in [5, 5.41) is 0.823. The van der Waals surface area contributed by atoms with Crippen molar-refractivity contribution in [1.82, 2.24) is 14.9 Å². The zero-order valence-corrected chi connectivity index (χ0v) is 11.5. The van der Waals surface area contributed by atoms with Crippen LogP contribution in [0.15, 0.2) is 29.3 Å². The standard InChI is InChI=1S/C13H15N3OS/c1-9-13(18-8-12(17)16(2)3)15-11-7-5-4-6-10(11)14-9/h4-7H,8H2,1-3H3. The van der Waals surface area contributed by atoms with E-state index in [2.05, 4.69) is 9.97 Å². The van der Waals surface area contributed by atoms with E-state index in [1.807, 2.05) is 31.2 Å². The Balaban J connectivity index is 2.23. The lowest BCUT2D eigenvalue weighted by Crippen LogP contribution is -2.23. The maximum absolute atomic E-state index is 11.5. The SMILES string of the molecule is Cc1nc2ccccc2nc1SCC(=O)N(C)C. The first-order valence-electron chi connectivity index (χ1n) is 5.64. The number of aryl methyl sites for hydroxylation is 1. The van der Waals surface area contributed by atoms with Crippen LogP contribution in [0, 0.1) is 6.92 Å². The topological polar surface area (TPSA) is 46.1 Å². The summed E-state index contributed by atoms with van der Waals surface area (Å²) >= 11 is 1.43. The largest absolute Gasteiger partial charge is 0.348 e. The first-order chi connectivity index (χ1) is 8.58. The van der Waals surface area contributed by atoms with Crippen molar-refractivity contribution in [2.75, 3.05) is 19.8 Å². The molecular formula is C13H15N3OS. The van der Waals surface area contributed by atoms with Crippen molar-refractivity contribution in [2.24, 2.45) is 0 Å². The Bertz CT molecular complexity index is 583. The molecule has 0 saturated heterocycles. The zero-order chi connectivity index (χ0) is 13.1. The molecule has 0 saturated carbocycles. The fourth-order valence-corrected chi connectivity index (χ4v) is 2.40. The van der Waals surface area contributed by atoms with Crippen molar-refractivity contribution in [1.29, 1.82) is 0 Å². The van der Waals surface area contributed by atoms with Crippen LogP contribution < -0.4 is 0 Å². The minimum absolute atomic E-state index is 0.0781. The van der Waals surface area contributed by atoms with Crippen LogP contribution in [-0.2, 0) is 4.79 Å². The summed E-state index contributed by atoms with van der Waals surface area (Å²) in [6.45, 7) is 1.92. The van der Waals surface area contributed by atoms with Crippen LogP contribution in [-0.4, -0.2) is 40.6 Å². The Morgan fingerprint density at radius 3 is 2.44 bits per heavy atom. The Morgan fingerprint density at radius 1 is 1.22 bits per heavy atom. The number of thioether (sulfide) groups is 1. The van der Waals surface area contributed by atoms with Crippen molar-refractivity contribution in [3.8, 4) is 0 Å². The number of nitrogens with zero attached hydrogens (tertiary/aromatic N) is 3. The van der Waals surface area contributed by atoms with Gasteiger partial charge < -0.3 is 4.90 Å². The average molecular weight is 261 g/mol. The molecule has 0 aliphatic heterocycles. The van der Waals surface area contributed by atoms with E-state index >= 15 is 0 Å². The van der Waals surface area contributed by atoms with Gasteiger partial charge in [-0.05, 0) is 19.1 Å². The van der Waals surface area contributed by atoms with Gasteiger partial charge in [-0.3, -0.25) is 4.79 Å². The van der Waals surface area contributed by atoms with E-state index in [1.54, 1.807) is 19.0 Å². The first kappa shape index (κ1) is 12.8. The van der Waals surface area contributed by atoms with E-state index in [0.717, 1.165) is 21.8 Å². The molecule has 0 N–H and O–H groups in total. The molecule has 94 valence electrons. The van der Waals surface area contributed by atoms with Crippen LogP contribution in [0.1, 0.15) is 5.69 Å². The molecule has 0 aliphatic rings. The van der Waals surface area contributed by atoms with E-state index in [9.17, 15) is 4.79 Å². The number of carbonyl (C=O) groups excluding carboxylic acids is 1. The number of carbonyl (C=O) groups is 1. The van der Waals surface area contributed by atoms with Gasteiger partial charge in [-0.1, -0.05) is 23.9 Å². The number of aromatic nitrogens is 2. The highest BCUT2D eigenvalue weighted by atomic mass is 32.2. The number of hydrogen-bond acceptors (Lipinski definition) is 4. The van der Waals surface area contributed by atoms with Crippen LogP contribution >= 0.6 is 11.8 Å². The minimum Gasteiger partial charge on any atom is -0.348 e. The molecule has 1 heterocycles. The molecule has 0 atom stereocenters. The van der Waals surface area contributed by atoms with E-state index in [4.69, 9.17) is 0 Å². The molecule has 2 rings (SSSR count). The van der Waals surface area contributed by atoms with Gasteiger partial charge in [-0.2, -0.15) is 0 Å². The lowest BCUT2D eigenvalue weighted by Gasteiger charge is -2.10. The van der Waals surface area contributed by atoms with Crippen LogP contribution in [0.3, 0.4) is 0 Å². The lowest BCUT2D eigenvalue weighted by atomic mass is 10.3. The summed E-state index contributed by atoms with van der Waals surface area (Å²) in [6, 6.07) is 7.75. The summed E-state index contributed by atoms with van der Waals surface area (Å²) in [5.74, 6) is 0.468. The van der Waals surface area contributed by atoms with Gasteiger partial charge in [0.2, 0.25) is 5.91 Å². The molecule has 1 aromatic heterocycles. The number of fused-ring (bicyclic) bond motifs is 1. The third-order valence-electron chi connectivity index (χ3n) is 2.53. The second-order valence-electron chi connectivity index (χ2n) is 4.18. The molecule has 0 radical (unpaired) electrons. The van der Waals surface area contributed by atoms with Gasteiger partial charge in [0.1, 0.15) is 5.03 Å². The molecule has 0 fully saturated rings. The monoisotopic (exact) mass is 261 g/mol. The van der Waals surface area contributed by atoms with Crippen molar-refractivity contribution in [3.63, 3.8) is 0 Å². The third-order valence-corrected chi connectivity index (χ3v) is 3.58. The minimum atomic E-state index is 0.0781. The Hall–Kier alpha value is -1.62. The summed E-state index contributed by atoms with van der Waals surface area (Å²) in [4.78, 5) is 22.2. The van der Waals surface area contributed by atoms with Gasteiger partial charge in [0.05, 0.1) is 22.5 Å².